The highest BCUT2D eigenvalue weighted by Crippen LogP contribution is 2.34. The number of benzene rings is 1. The van der Waals surface area contributed by atoms with Gasteiger partial charge in [0.05, 0.1) is 13.2 Å². The first-order valence-corrected chi connectivity index (χ1v) is 7.64. The Morgan fingerprint density at radius 2 is 2.00 bits per heavy atom. The maximum atomic E-state index is 5.95. The summed E-state index contributed by atoms with van der Waals surface area (Å²) >= 11 is 5.30. The molecule has 1 aromatic carbocycles. The van der Waals surface area contributed by atoms with Gasteiger partial charge in [-0.25, -0.2) is 0 Å². The van der Waals surface area contributed by atoms with E-state index in [2.05, 4.69) is 39.3 Å². The minimum atomic E-state index is 0.169. The van der Waals surface area contributed by atoms with E-state index in [-0.39, 0.29) is 6.04 Å². The van der Waals surface area contributed by atoms with Crippen LogP contribution in [0.2, 0.25) is 0 Å². The van der Waals surface area contributed by atoms with Crippen molar-refractivity contribution in [3.05, 3.63) is 45.1 Å². The molecule has 3 nitrogen and oxygen atoms in total. The molecule has 0 aliphatic rings. The van der Waals surface area contributed by atoms with E-state index in [4.69, 9.17) is 10.5 Å². The van der Waals surface area contributed by atoms with Gasteiger partial charge < -0.3 is 15.4 Å². The predicted octanol–water partition coefficient (Wildman–Crippen LogP) is 3.66. The SMILES string of the molecule is COc1ccc(N(C)C(CN)c2sccc2Br)cc1. The molecule has 0 fully saturated rings. The standard InChI is InChI=1S/C14H17BrN2OS/c1-17(10-3-5-11(18-2)6-4-10)13(9-16)14-12(15)7-8-19-14/h3-8,13H,9,16H2,1-2H3. The van der Waals surface area contributed by atoms with E-state index in [1.165, 1.54) is 4.88 Å². The minimum absolute atomic E-state index is 0.169. The van der Waals surface area contributed by atoms with E-state index in [0.29, 0.717) is 6.54 Å². The summed E-state index contributed by atoms with van der Waals surface area (Å²) < 4.78 is 6.30. The zero-order valence-electron chi connectivity index (χ0n) is 11.0. The molecule has 2 N–H and O–H groups in total. The lowest BCUT2D eigenvalue weighted by Crippen LogP contribution is -2.29. The molecular formula is C14H17BrN2OS. The number of halogens is 1. The fraction of sp³-hybridized carbons (Fsp3) is 0.286. The molecule has 2 rings (SSSR count). The number of ether oxygens (including phenoxy) is 1. The van der Waals surface area contributed by atoms with Crippen LogP contribution in [0.1, 0.15) is 10.9 Å². The molecule has 1 heterocycles. The third kappa shape index (κ3) is 3.11. The molecular weight excluding hydrogens is 324 g/mol. The molecule has 0 saturated carbocycles. The Labute approximate surface area is 126 Å². The summed E-state index contributed by atoms with van der Waals surface area (Å²) in [5.41, 5.74) is 7.07. The number of methoxy groups -OCH3 is 1. The van der Waals surface area contributed by atoms with Gasteiger partial charge in [-0.15, -0.1) is 11.3 Å². The number of nitrogens with two attached hydrogens (primary N) is 1. The average molecular weight is 341 g/mol. The molecule has 0 amide bonds. The lowest BCUT2D eigenvalue weighted by molar-refractivity contribution is 0.415. The Morgan fingerprint density at radius 1 is 1.32 bits per heavy atom. The molecule has 1 unspecified atom stereocenters. The summed E-state index contributed by atoms with van der Waals surface area (Å²) in [5, 5.41) is 2.07. The van der Waals surface area contributed by atoms with Crippen molar-refractivity contribution in [1.82, 2.24) is 0 Å². The van der Waals surface area contributed by atoms with Gasteiger partial charge in [-0.1, -0.05) is 0 Å². The summed E-state index contributed by atoms with van der Waals surface area (Å²) in [6.45, 7) is 0.571. The second kappa shape index (κ2) is 6.41. The topological polar surface area (TPSA) is 38.5 Å². The lowest BCUT2D eigenvalue weighted by Gasteiger charge is -2.29. The largest absolute Gasteiger partial charge is 0.497 e. The maximum Gasteiger partial charge on any atom is 0.119 e. The monoisotopic (exact) mass is 340 g/mol. The van der Waals surface area contributed by atoms with Crippen LogP contribution in [0.25, 0.3) is 0 Å². The van der Waals surface area contributed by atoms with Gasteiger partial charge in [0.15, 0.2) is 0 Å². The van der Waals surface area contributed by atoms with Gasteiger partial charge in [-0.2, -0.15) is 0 Å². The Kier molecular flexibility index (Phi) is 4.85. The molecule has 2 aromatic rings. The van der Waals surface area contributed by atoms with Gasteiger partial charge in [-0.3, -0.25) is 0 Å². The van der Waals surface area contributed by atoms with E-state index in [1.54, 1.807) is 18.4 Å². The average Bonchev–Trinajstić information content (AvgIpc) is 2.86. The number of hydrogen-bond donors (Lipinski definition) is 1. The van der Waals surface area contributed by atoms with Crippen LogP contribution in [0, 0.1) is 0 Å². The zero-order valence-corrected chi connectivity index (χ0v) is 13.4. The summed E-state index contributed by atoms with van der Waals surface area (Å²) in [6, 6.07) is 10.2. The van der Waals surface area contributed by atoms with Crippen LogP contribution in [0.15, 0.2) is 40.2 Å². The van der Waals surface area contributed by atoms with Crippen LogP contribution >= 0.6 is 27.3 Å². The van der Waals surface area contributed by atoms with Crippen LogP contribution in [0.3, 0.4) is 0 Å². The van der Waals surface area contributed by atoms with E-state index in [1.807, 2.05) is 24.3 Å². The first-order chi connectivity index (χ1) is 9.17. The first-order valence-electron chi connectivity index (χ1n) is 5.97. The third-order valence-electron chi connectivity index (χ3n) is 3.12. The Bertz CT molecular complexity index is 526. The molecule has 19 heavy (non-hydrogen) atoms. The first kappa shape index (κ1) is 14.4. The minimum Gasteiger partial charge on any atom is -0.497 e. The van der Waals surface area contributed by atoms with Crippen molar-refractivity contribution in [2.24, 2.45) is 5.73 Å². The van der Waals surface area contributed by atoms with Crippen LogP contribution in [-0.2, 0) is 0 Å². The summed E-state index contributed by atoms with van der Waals surface area (Å²) in [4.78, 5) is 3.44. The number of likely N-dealkylation sites (N-methyl/N-ethyl adjacent to an activating group) is 1. The van der Waals surface area contributed by atoms with E-state index >= 15 is 0 Å². The fourth-order valence-electron chi connectivity index (χ4n) is 1.98. The van der Waals surface area contributed by atoms with Gasteiger partial charge in [-0.05, 0) is 51.6 Å². The van der Waals surface area contributed by atoms with Gasteiger partial charge in [0.1, 0.15) is 5.75 Å². The van der Waals surface area contributed by atoms with Crippen molar-refractivity contribution in [3.8, 4) is 5.75 Å². The van der Waals surface area contributed by atoms with Crippen molar-refractivity contribution in [1.29, 1.82) is 0 Å². The summed E-state index contributed by atoms with van der Waals surface area (Å²) in [7, 11) is 3.73. The summed E-state index contributed by atoms with van der Waals surface area (Å²) in [5.74, 6) is 0.860. The van der Waals surface area contributed by atoms with Gasteiger partial charge in [0, 0.05) is 28.6 Å². The maximum absolute atomic E-state index is 5.95. The number of hydrogen-bond acceptors (Lipinski definition) is 4. The number of rotatable bonds is 5. The van der Waals surface area contributed by atoms with Crippen LogP contribution in [0.5, 0.6) is 5.75 Å². The molecule has 0 saturated heterocycles. The molecule has 0 spiro atoms. The van der Waals surface area contributed by atoms with E-state index < -0.39 is 0 Å². The van der Waals surface area contributed by atoms with Crippen molar-refractivity contribution in [2.45, 2.75) is 6.04 Å². The highest BCUT2D eigenvalue weighted by atomic mass is 79.9. The van der Waals surface area contributed by atoms with Crippen LogP contribution in [0.4, 0.5) is 5.69 Å². The van der Waals surface area contributed by atoms with E-state index in [0.717, 1.165) is 15.9 Å². The zero-order chi connectivity index (χ0) is 13.8. The van der Waals surface area contributed by atoms with Crippen molar-refractivity contribution in [3.63, 3.8) is 0 Å². The highest BCUT2D eigenvalue weighted by molar-refractivity contribution is 9.10. The molecule has 0 aliphatic carbocycles. The molecule has 5 heteroatoms. The fourth-order valence-corrected chi connectivity index (χ4v) is 3.78. The smallest absolute Gasteiger partial charge is 0.119 e. The van der Waals surface area contributed by atoms with Crippen molar-refractivity contribution >= 4 is 33.0 Å². The Hall–Kier alpha value is -1.04. The molecule has 1 aromatic heterocycles. The Morgan fingerprint density at radius 3 is 2.47 bits per heavy atom. The van der Waals surface area contributed by atoms with Gasteiger partial charge in [0.25, 0.3) is 0 Å². The normalized spacial score (nSPS) is 12.2. The molecule has 0 radical (unpaired) electrons. The van der Waals surface area contributed by atoms with Gasteiger partial charge >= 0.3 is 0 Å². The van der Waals surface area contributed by atoms with Crippen LogP contribution < -0.4 is 15.4 Å². The number of anilines is 1. The summed E-state index contributed by atoms with van der Waals surface area (Å²) in [6.07, 6.45) is 0. The Balaban J connectivity index is 2.25. The highest BCUT2D eigenvalue weighted by Gasteiger charge is 2.19. The lowest BCUT2D eigenvalue weighted by atomic mass is 10.2. The van der Waals surface area contributed by atoms with Gasteiger partial charge in [0.2, 0.25) is 0 Å². The van der Waals surface area contributed by atoms with Crippen molar-refractivity contribution in [2.75, 3.05) is 25.6 Å². The number of nitrogens with zero attached hydrogens (tertiary/aromatic N) is 1. The second-order valence-corrected chi connectivity index (χ2v) is 6.00. The predicted molar refractivity (Wildman–Crippen MR) is 85.2 cm³/mol. The molecule has 0 aliphatic heterocycles. The molecule has 1 atom stereocenters. The molecule has 102 valence electrons. The number of thiophene rings is 1. The quantitative estimate of drug-likeness (QED) is 0.902. The van der Waals surface area contributed by atoms with Crippen molar-refractivity contribution < 1.29 is 4.74 Å². The third-order valence-corrected chi connectivity index (χ3v) is 5.09. The van der Waals surface area contributed by atoms with Crippen LogP contribution in [-0.4, -0.2) is 20.7 Å². The second-order valence-electron chi connectivity index (χ2n) is 4.19. The van der Waals surface area contributed by atoms with E-state index in [9.17, 15) is 0 Å². The molecule has 0 bridgehead atoms.